The summed E-state index contributed by atoms with van der Waals surface area (Å²) in [4.78, 5) is 35.0. The van der Waals surface area contributed by atoms with Crippen molar-refractivity contribution in [2.75, 3.05) is 32.7 Å². The highest BCUT2D eigenvalue weighted by atomic mass is 16.5. The molecule has 38 heavy (non-hydrogen) atoms. The SMILES string of the molecule is CCC1(C)CN(C(=O)c2cccc(CN3CCNCC3)c2)C=C(C(=O)OC(C)C)c2[nH]c3ccccc3c21. The Kier molecular flexibility index (Phi) is 7.41. The summed E-state index contributed by atoms with van der Waals surface area (Å²) in [6, 6.07) is 16.0. The van der Waals surface area contributed by atoms with Gasteiger partial charge in [-0.25, -0.2) is 4.79 Å². The third kappa shape index (κ3) is 5.13. The number of carbonyl (C=O) groups excluding carboxylic acids is 2. The first-order valence-electron chi connectivity index (χ1n) is 13.7. The molecule has 1 fully saturated rings. The van der Waals surface area contributed by atoms with Gasteiger partial charge in [0, 0.05) is 67.3 Å². The van der Waals surface area contributed by atoms with Crippen LogP contribution < -0.4 is 5.32 Å². The van der Waals surface area contributed by atoms with Gasteiger partial charge in [0.2, 0.25) is 0 Å². The molecule has 0 saturated carbocycles. The maximum Gasteiger partial charge on any atom is 0.342 e. The molecule has 2 N–H and O–H groups in total. The fourth-order valence-corrected chi connectivity index (χ4v) is 5.64. The first-order valence-corrected chi connectivity index (χ1v) is 13.7. The minimum Gasteiger partial charge on any atom is -0.459 e. The molecule has 3 heterocycles. The molecular weight excluding hydrogens is 476 g/mol. The van der Waals surface area contributed by atoms with E-state index in [1.54, 1.807) is 11.1 Å². The molecule has 0 radical (unpaired) electrons. The molecule has 1 saturated heterocycles. The van der Waals surface area contributed by atoms with Crippen LogP contribution in [0.5, 0.6) is 0 Å². The summed E-state index contributed by atoms with van der Waals surface area (Å²) >= 11 is 0. The highest BCUT2D eigenvalue weighted by molar-refractivity contribution is 6.18. The Hall–Kier alpha value is -3.42. The van der Waals surface area contributed by atoms with Crippen molar-refractivity contribution in [3.05, 3.63) is 77.1 Å². The number of esters is 1. The first kappa shape index (κ1) is 26.2. The van der Waals surface area contributed by atoms with Gasteiger partial charge in [-0.2, -0.15) is 0 Å². The molecule has 1 amide bonds. The third-order valence-corrected chi connectivity index (χ3v) is 7.78. The van der Waals surface area contributed by atoms with Crippen molar-refractivity contribution in [2.45, 2.75) is 52.2 Å². The zero-order valence-corrected chi connectivity index (χ0v) is 22.8. The van der Waals surface area contributed by atoms with E-state index in [-0.39, 0.29) is 17.4 Å². The zero-order chi connectivity index (χ0) is 26.9. The summed E-state index contributed by atoms with van der Waals surface area (Å²) in [6.07, 6.45) is 2.23. The number of aromatic amines is 1. The van der Waals surface area contributed by atoms with Gasteiger partial charge in [-0.1, -0.05) is 44.2 Å². The van der Waals surface area contributed by atoms with Crippen LogP contribution in [-0.2, 0) is 21.5 Å². The van der Waals surface area contributed by atoms with E-state index in [0.29, 0.717) is 17.7 Å². The normalized spacial score (nSPS) is 20.2. The molecule has 1 atom stereocenters. The fourth-order valence-electron chi connectivity index (χ4n) is 5.64. The quantitative estimate of drug-likeness (QED) is 0.467. The monoisotopic (exact) mass is 514 g/mol. The Morgan fingerprint density at radius 1 is 1.08 bits per heavy atom. The molecule has 200 valence electrons. The predicted octanol–water partition coefficient (Wildman–Crippen LogP) is 4.69. The maximum absolute atomic E-state index is 14.0. The number of H-pyrrole nitrogens is 1. The van der Waals surface area contributed by atoms with Crippen LogP contribution in [0.15, 0.2) is 54.7 Å². The Morgan fingerprint density at radius 2 is 1.84 bits per heavy atom. The second kappa shape index (κ2) is 10.8. The summed E-state index contributed by atoms with van der Waals surface area (Å²) in [5, 5.41) is 4.46. The van der Waals surface area contributed by atoms with Gasteiger partial charge in [0.1, 0.15) is 0 Å². The molecule has 2 aliphatic rings. The molecule has 0 bridgehead atoms. The van der Waals surface area contributed by atoms with Crippen LogP contribution >= 0.6 is 0 Å². The minimum atomic E-state index is -0.432. The van der Waals surface area contributed by atoms with E-state index < -0.39 is 5.97 Å². The summed E-state index contributed by atoms with van der Waals surface area (Å²) in [7, 11) is 0. The standard InChI is InChI=1S/C31H38N4O3/c1-5-31(4)20-35(29(36)23-10-8-9-22(17-23)18-34-15-13-32-14-16-34)19-25(30(37)38-21(2)3)28-27(31)24-11-6-7-12-26(24)33-28/h6-12,17,19,21,32-33H,5,13-16,18,20H2,1-4H3. The highest BCUT2D eigenvalue weighted by Crippen LogP contribution is 2.42. The number of hydrogen-bond donors (Lipinski definition) is 2. The Bertz CT molecular complexity index is 1370. The molecular formula is C31H38N4O3. The first-order chi connectivity index (χ1) is 18.3. The summed E-state index contributed by atoms with van der Waals surface area (Å²) in [5.41, 5.74) is 4.52. The molecule has 0 aliphatic carbocycles. The van der Waals surface area contributed by atoms with E-state index in [2.05, 4.69) is 41.2 Å². The maximum atomic E-state index is 14.0. The lowest BCUT2D eigenvalue weighted by Gasteiger charge is -2.32. The number of benzene rings is 2. The summed E-state index contributed by atoms with van der Waals surface area (Å²) in [6.45, 7) is 13.2. The van der Waals surface area contributed by atoms with Crippen LogP contribution in [-0.4, -0.2) is 65.5 Å². The van der Waals surface area contributed by atoms with Crippen molar-refractivity contribution >= 4 is 28.4 Å². The molecule has 5 rings (SSSR count). The summed E-state index contributed by atoms with van der Waals surface area (Å²) in [5.74, 6) is -0.547. The minimum absolute atomic E-state index is 0.115. The van der Waals surface area contributed by atoms with E-state index in [1.165, 1.54) is 0 Å². The lowest BCUT2D eigenvalue weighted by molar-refractivity contribution is -0.140. The van der Waals surface area contributed by atoms with Crippen molar-refractivity contribution in [3.63, 3.8) is 0 Å². The summed E-state index contributed by atoms with van der Waals surface area (Å²) < 4.78 is 5.66. The smallest absolute Gasteiger partial charge is 0.342 e. The van der Waals surface area contributed by atoms with Crippen LogP contribution in [0.25, 0.3) is 16.5 Å². The average molecular weight is 515 g/mol. The molecule has 7 nitrogen and oxygen atoms in total. The van der Waals surface area contributed by atoms with Gasteiger partial charge in [0.25, 0.3) is 5.91 Å². The van der Waals surface area contributed by atoms with Crippen molar-refractivity contribution in [1.29, 1.82) is 0 Å². The molecule has 1 unspecified atom stereocenters. The lowest BCUT2D eigenvalue weighted by atomic mass is 9.77. The van der Waals surface area contributed by atoms with Crippen LogP contribution in [0.1, 0.15) is 61.3 Å². The Morgan fingerprint density at radius 3 is 2.58 bits per heavy atom. The number of carbonyl (C=O) groups is 2. The van der Waals surface area contributed by atoms with Crippen molar-refractivity contribution in [3.8, 4) is 0 Å². The number of amides is 1. The molecule has 2 aliphatic heterocycles. The zero-order valence-electron chi connectivity index (χ0n) is 22.8. The van der Waals surface area contributed by atoms with Gasteiger partial charge < -0.3 is 19.9 Å². The van der Waals surface area contributed by atoms with Gasteiger partial charge in [-0.15, -0.1) is 0 Å². The molecule has 2 aromatic carbocycles. The molecule has 1 aromatic heterocycles. The van der Waals surface area contributed by atoms with Crippen LogP contribution in [0.4, 0.5) is 0 Å². The van der Waals surface area contributed by atoms with Crippen LogP contribution in [0.3, 0.4) is 0 Å². The molecule has 3 aromatic rings. The number of aromatic nitrogens is 1. The number of para-hydroxylation sites is 1. The number of ether oxygens (including phenoxy) is 1. The largest absolute Gasteiger partial charge is 0.459 e. The lowest BCUT2D eigenvalue weighted by Crippen LogP contribution is -2.42. The fraction of sp³-hybridized carbons (Fsp3) is 0.419. The number of nitrogens with one attached hydrogen (secondary N) is 2. The number of hydrogen-bond acceptors (Lipinski definition) is 5. The molecule has 0 spiro atoms. The van der Waals surface area contributed by atoms with E-state index in [0.717, 1.165) is 66.9 Å². The van der Waals surface area contributed by atoms with Gasteiger partial charge in [0.05, 0.1) is 17.4 Å². The Labute approximate surface area is 224 Å². The number of piperazine rings is 1. The van der Waals surface area contributed by atoms with Crippen molar-refractivity contribution in [2.24, 2.45) is 0 Å². The predicted molar refractivity (Wildman–Crippen MR) is 151 cm³/mol. The highest BCUT2D eigenvalue weighted by Gasteiger charge is 2.39. The van der Waals surface area contributed by atoms with E-state index in [1.807, 2.05) is 50.2 Å². The van der Waals surface area contributed by atoms with Crippen LogP contribution in [0, 0.1) is 0 Å². The number of fused-ring (bicyclic) bond motifs is 3. The second-order valence-electron chi connectivity index (χ2n) is 11.0. The van der Waals surface area contributed by atoms with Crippen molar-refractivity contribution in [1.82, 2.24) is 20.1 Å². The third-order valence-electron chi connectivity index (χ3n) is 7.78. The topological polar surface area (TPSA) is 77.7 Å². The van der Waals surface area contributed by atoms with E-state index in [9.17, 15) is 9.59 Å². The molecule has 7 heteroatoms. The van der Waals surface area contributed by atoms with Gasteiger partial charge in [0.15, 0.2) is 0 Å². The average Bonchev–Trinajstić information content (AvgIpc) is 3.25. The Balaban J connectivity index is 1.55. The number of nitrogens with zero attached hydrogens (tertiary/aromatic N) is 2. The van der Waals surface area contributed by atoms with Gasteiger partial charge in [-0.3, -0.25) is 9.69 Å². The van der Waals surface area contributed by atoms with Crippen molar-refractivity contribution < 1.29 is 14.3 Å². The van der Waals surface area contributed by atoms with Crippen LogP contribution in [0.2, 0.25) is 0 Å². The second-order valence-corrected chi connectivity index (χ2v) is 11.0. The number of rotatable bonds is 6. The van der Waals surface area contributed by atoms with Gasteiger partial charge in [-0.05, 0) is 49.6 Å². The van der Waals surface area contributed by atoms with Gasteiger partial charge >= 0.3 is 5.97 Å². The van der Waals surface area contributed by atoms with E-state index in [4.69, 9.17) is 4.74 Å². The van der Waals surface area contributed by atoms with E-state index >= 15 is 0 Å².